The number of hydrogen-bond donors (Lipinski definition) is 1. The molecule has 0 bridgehead atoms. The number of ether oxygens (including phenoxy) is 1. The molecule has 0 aliphatic heterocycles. The standard InChI is InChI=1S/C25H24O3/c1-17(2)22-14-9-18(3)15-24(22)28-21-12-10-19(11-13-21)16-23(25(26)27)20-7-5-4-6-8-20/h4-17H,1-3H3,(H,26,27)/b23-16+. The summed E-state index contributed by atoms with van der Waals surface area (Å²) in [5.41, 5.74) is 4.05. The SMILES string of the molecule is Cc1ccc(C(C)C)c(Oc2ccc(/C=C(/C(=O)O)c3ccccc3)cc2)c1. The smallest absolute Gasteiger partial charge is 0.336 e. The molecule has 0 spiro atoms. The van der Waals surface area contributed by atoms with Crippen LogP contribution in [0.3, 0.4) is 0 Å². The fourth-order valence-corrected chi connectivity index (χ4v) is 3.02. The molecule has 0 heterocycles. The third-order valence-electron chi connectivity index (χ3n) is 4.53. The van der Waals surface area contributed by atoms with Crippen molar-refractivity contribution >= 4 is 17.6 Å². The van der Waals surface area contributed by atoms with Gasteiger partial charge >= 0.3 is 5.97 Å². The van der Waals surface area contributed by atoms with Crippen LogP contribution in [0.25, 0.3) is 11.6 Å². The predicted octanol–water partition coefficient (Wildman–Crippen LogP) is 6.54. The van der Waals surface area contributed by atoms with Crippen LogP contribution in [-0.4, -0.2) is 11.1 Å². The lowest BCUT2D eigenvalue weighted by molar-refractivity contribution is -0.130. The molecule has 28 heavy (non-hydrogen) atoms. The number of hydrogen-bond acceptors (Lipinski definition) is 2. The minimum absolute atomic E-state index is 0.259. The van der Waals surface area contributed by atoms with E-state index in [1.807, 2.05) is 55.5 Å². The van der Waals surface area contributed by atoms with Gasteiger partial charge in [0.2, 0.25) is 0 Å². The molecule has 0 amide bonds. The van der Waals surface area contributed by atoms with Gasteiger partial charge in [-0.3, -0.25) is 0 Å². The molecule has 1 N–H and O–H groups in total. The molecular formula is C25H24O3. The maximum Gasteiger partial charge on any atom is 0.336 e. The minimum atomic E-state index is -0.951. The molecular weight excluding hydrogens is 348 g/mol. The number of carboxylic acids is 1. The van der Waals surface area contributed by atoms with Crippen molar-refractivity contribution in [2.24, 2.45) is 0 Å². The number of benzene rings is 3. The van der Waals surface area contributed by atoms with Gasteiger partial charge in [0, 0.05) is 0 Å². The van der Waals surface area contributed by atoms with Gasteiger partial charge in [0.25, 0.3) is 0 Å². The first-order valence-corrected chi connectivity index (χ1v) is 9.33. The molecule has 3 rings (SSSR count). The van der Waals surface area contributed by atoms with E-state index in [0.717, 1.165) is 28.2 Å². The highest BCUT2D eigenvalue weighted by Gasteiger charge is 2.11. The van der Waals surface area contributed by atoms with Gasteiger partial charge in [0.15, 0.2) is 0 Å². The van der Waals surface area contributed by atoms with Gasteiger partial charge in [-0.05, 0) is 59.4 Å². The molecule has 3 aromatic rings. The Balaban J connectivity index is 1.86. The summed E-state index contributed by atoms with van der Waals surface area (Å²) in [5, 5.41) is 9.55. The van der Waals surface area contributed by atoms with Crippen molar-refractivity contribution in [2.45, 2.75) is 26.7 Å². The average molecular weight is 372 g/mol. The van der Waals surface area contributed by atoms with Crippen LogP contribution in [0, 0.1) is 6.92 Å². The summed E-state index contributed by atoms with van der Waals surface area (Å²) in [4.78, 5) is 11.7. The maximum absolute atomic E-state index is 11.7. The van der Waals surface area contributed by atoms with Crippen molar-refractivity contribution in [2.75, 3.05) is 0 Å². The second-order valence-electron chi connectivity index (χ2n) is 7.10. The lowest BCUT2D eigenvalue weighted by Gasteiger charge is -2.14. The molecule has 142 valence electrons. The fourth-order valence-electron chi connectivity index (χ4n) is 3.02. The first kappa shape index (κ1) is 19.4. The van der Waals surface area contributed by atoms with Gasteiger partial charge in [-0.1, -0.05) is 68.4 Å². The Morgan fingerprint density at radius 3 is 2.25 bits per heavy atom. The van der Waals surface area contributed by atoms with Crippen molar-refractivity contribution in [1.29, 1.82) is 0 Å². The summed E-state index contributed by atoms with van der Waals surface area (Å²) in [6, 6.07) is 22.8. The number of carbonyl (C=O) groups is 1. The summed E-state index contributed by atoms with van der Waals surface area (Å²) in [6.07, 6.45) is 1.67. The van der Waals surface area contributed by atoms with E-state index in [0.29, 0.717) is 11.5 Å². The van der Waals surface area contributed by atoms with Gasteiger partial charge in [-0.25, -0.2) is 4.79 Å². The molecule has 0 aliphatic carbocycles. The Kier molecular flexibility index (Phi) is 5.95. The highest BCUT2D eigenvalue weighted by molar-refractivity contribution is 6.20. The lowest BCUT2D eigenvalue weighted by Crippen LogP contribution is -1.99. The van der Waals surface area contributed by atoms with Crippen molar-refractivity contribution in [1.82, 2.24) is 0 Å². The van der Waals surface area contributed by atoms with Crippen molar-refractivity contribution in [3.8, 4) is 11.5 Å². The Hall–Kier alpha value is -3.33. The van der Waals surface area contributed by atoms with Gasteiger partial charge in [-0.15, -0.1) is 0 Å². The summed E-state index contributed by atoms with van der Waals surface area (Å²) in [7, 11) is 0. The fraction of sp³-hybridized carbons (Fsp3) is 0.160. The molecule has 3 nitrogen and oxygen atoms in total. The maximum atomic E-state index is 11.7. The van der Waals surface area contributed by atoms with Crippen LogP contribution in [-0.2, 0) is 4.79 Å². The monoisotopic (exact) mass is 372 g/mol. The average Bonchev–Trinajstić information content (AvgIpc) is 2.67. The molecule has 0 unspecified atom stereocenters. The van der Waals surface area contributed by atoms with Crippen molar-refractivity contribution in [3.63, 3.8) is 0 Å². The van der Waals surface area contributed by atoms with E-state index in [1.165, 1.54) is 0 Å². The van der Waals surface area contributed by atoms with Gasteiger partial charge < -0.3 is 9.84 Å². The normalized spacial score (nSPS) is 11.5. The van der Waals surface area contributed by atoms with Crippen LogP contribution >= 0.6 is 0 Å². The highest BCUT2D eigenvalue weighted by Crippen LogP contribution is 2.32. The predicted molar refractivity (Wildman–Crippen MR) is 114 cm³/mol. The summed E-state index contributed by atoms with van der Waals surface area (Å²) < 4.78 is 6.11. The number of aryl methyl sites for hydroxylation is 1. The van der Waals surface area contributed by atoms with E-state index in [1.54, 1.807) is 18.2 Å². The molecule has 3 aromatic carbocycles. The topological polar surface area (TPSA) is 46.5 Å². The molecule has 0 radical (unpaired) electrons. The summed E-state index contributed by atoms with van der Waals surface area (Å²) in [6.45, 7) is 6.33. The summed E-state index contributed by atoms with van der Waals surface area (Å²) in [5.74, 6) is 0.990. The molecule has 0 aromatic heterocycles. The minimum Gasteiger partial charge on any atom is -0.478 e. The van der Waals surface area contributed by atoms with E-state index >= 15 is 0 Å². The van der Waals surface area contributed by atoms with Crippen LogP contribution in [0.2, 0.25) is 0 Å². The number of aliphatic carboxylic acids is 1. The Morgan fingerprint density at radius 2 is 1.64 bits per heavy atom. The summed E-state index contributed by atoms with van der Waals surface area (Å²) >= 11 is 0. The zero-order chi connectivity index (χ0) is 20.1. The number of carboxylic acid groups (broad SMARTS) is 1. The third-order valence-corrected chi connectivity index (χ3v) is 4.53. The second-order valence-corrected chi connectivity index (χ2v) is 7.10. The molecule has 0 saturated heterocycles. The van der Waals surface area contributed by atoms with Gasteiger partial charge in [-0.2, -0.15) is 0 Å². The van der Waals surface area contributed by atoms with Gasteiger partial charge in [0.05, 0.1) is 5.57 Å². The number of rotatable bonds is 6. The van der Waals surface area contributed by atoms with Crippen LogP contribution in [0.5, 0.6) is 11.5 Å². The van der Waals surface area contributed by atoms with Crippen LogP contribution in [0.15, 0.2) is 72.8 Å². The molecule has 0 saturated carbocycles. The third kappa shape index (κ3) is 4.68. The molecule has 0 fully saturated rings. The Bertz CT molecular complexity index is 984. The Labute approximate surface area is 165 Å². The van der Waals surface area contributed by atoms with E-state index in [4.69, 9.17) is 4.74 Å². The molecule has 3 heteroatoms. The molecule has 0 atom stereocenters. The molecule has 0 aliphatic rings. The zero-order valence-corrected chi connectivity index (χ0v) is 16.3. The van der Waals surface area contributed by atoms with Crippen molar-refractivity contribution < 1.29 is 14.6 Å². The van der Waals surface area contributed by atoms with Crippen LogP contribution in [0.4, 0.5) is 0 Å². The van der Waals surface area contributed by atoms with E-state index in [2.05, 4.69) is 26.0 Å². The first-order chi connectivity index (χ1) is 13.4. The Morgan fingerprint density at radius 1 is 0.964 bits per heavy atom. The van der Waals surface area contributed by atoms with E-state index in [9.17, 15) is 9.90 Å². The first-order valence-electron chi connectivity index (χ1n) is 9.33. The van der Waals surface area contributed by atoms with Crippen LogP contribution in [0.1, 0.15) is 42.0 Å². The second kappa shape index (κ2) is 8.57. The van der Waals surface area contributed by atoms with E-state index < -0.39 is 5.97 Å². The lowest BCUT2D eigenvalue weighted by atomic mass is 10.0. The quantitative estimate of drug-likeness (QED) is 0.395. The largest absolute Gasteiger partial charge is 0.478 e. The van der Waals surface area contributed by atoms with E-state index in [-0.39, 0.29) is 5.57 Å². The zero-order valence-electron chi connectivity index (χ0n) is 16.3. The van der Waals surface area contributed by atoms with Gasteiger partial charge in [0.1, 0.15) is 11.5 Å². The van der Waals surface area contributed by atoms with Crippen LogP contribution < -0.4 is 4.74 Å². The highest BCUT2D eigenvalue weighted by atomic mass is 16.5. The van der Waals surface area contributed by atoms with Crippen molar-refractivity contribution in [3.05, 3.63) is 95.1 Å².